The molecule has 0 atom stereocenters. The third-order valence-electron chi connectivity index (χ3n) is 9.75. The minimum absolute atomic E-state index is 1.01. The lowest BCUT2D eigenvalue weighted by molar-refractivity contribution is 0.991. The number of hydrogen-bond donors (Lipinski definition) is 1. The molecule has 6 aromatic carbocycles. The van der Waals surface area contributed by atoms with Gasteiger partial charge in [-0.3, -0.25) is 0 Å². The fourth-order valence-electron chi connectivity index (χ4n) is 7.68. The molecular formula is C45H40S2. The fraction of sp³-hybridized carbons (Fsp3) is 0.156. The average molecular weight is 645 g/mol. The van der Waals surface area contributed by atoms with E-state index in [1.165, 1.54) is 97.4 Å². The number of allylic oxidation sites excluding steroid dienone is 2. The molecule has 2 heteroatoms. The van der Waals surface area contributed by atoms with Crippen LogP contribution in [0.5, 0.6) is 0 Å². The van der Waals surface area contributed by atoms with Crippen LogP contribution in [0.3, 0.4) is 0 Å². The monoisotopic (exact) mass is 644 g/mol. The van der Waals surface area contributed by atoms with Crippen LogP contribution in [0.15, 0.2) is 102 Å². The topological polar surface area (TPSA) is 0 Å². The van der Waals surface area contributed by atoms with Crippen molar-refractivity contribution in [2.45, 2.75) is 52.4 Å². The maximum atomic E-state index is 5.37. The molecule has 0 spiro atoms. The fourth-order valence-corrected chi connectivity index (χ4v) is 9.35. The highest BCUT2D eigenvalue weighted by atomic mass is 32.1. The van der Waals surface area contributed by atoms with Gasteiger partial charge < -0.3 is 0 Å². The van der Waals surface area contributed by atoms with Crippen LogP contribution in [0, 0.1) is 13.8 Å². The number of fused-ring (bicyclic) bond motifs is 6. The van der Waals surface area contributed by atoms with Crippen LogP contribution in [-0.2, 0) is 6.42 Å². The summed E-state index contributed by atoms with van der Waals surface area (Å²) >= 11 is 7.17. The van der Waals surface area contributed by atoms with Gasteiger partial charge in [-0.1, -0.05) is 124 Å². The number of hydrogen-bond acceptors (Lipinski definition) is 2. The molecule has 0 nitrogen and oxygen atoms in total. The molecule has 0 saturated carbocycles. The Kier molecular flexibility index (Phi) is 8.43. The molecule has 1 aromatic heterocycles. The minimum atomic E-state index is 1.01. The molecule has 1 aliphatic rings. The van der Waals surface area contributed by atoms with Crippen LogP contribution >= 0.6 is 24.0 Å². The molecule has 0 amide bonds. The summed E-state index contributed by atoms with van der Waals surface area (Å²) in [5.74, 6) is 0. The molecule has 1 aliphatic carbocycles. The van der Waals surface area contributed by atoms with E-state index >= 15 is 0 Å². The molecule has 0 bridgehead atoms. The van der Waals surface area contributed by atoms with Crippen molar-refractivity contribution in [3.05, 3.63) is 130 Å². The largest absolute Gasteiger partial charge is 0.141 e. The van der Waals surface area contributed by atoms with E-state index in [0.717, 1.165) is 17.7 Å². The Morgan fingerprint density at radius 1 is 0.766 bits per heavy atom. The third-order valence-corrected chi connectivity index (χ3v) is 11.6. The number of aryl methyl sites for hydroxylation is 1. The molecule has 0 radical (unpaired) electrons. The van der Waals surface area contributed by atoms with Crippen LogP contribution < -0.4 is 0 Å². The highest BCUT2D eigenvalue weighted by molar-refractivity contribution is 7.81. The first kappa shape index (κ1) is 31.2. The lowest BCUT2D eigenvalue weighted by Gasteiger charge is -2.26. The first-order chi connectivity index (χ1) is 23.0. The highest BCUT2D eigenvalue weighted by Crippen LogP contribution is 2.52. The highest BCUT2D eigenvalue weighted by Gasteiger charge is 2.27. The van der Waals surface area contributed by atoms with E-state index in [2.05, 4.69) is 131 Å². The number of thiophene rings is 1. The van der Waals surface area contributed by atoms with Gasteiger partial charge in [0.1, 0.15) is 0 Å². The Hall–Kier alpha value is -4.37. The maximum Gasteiger partial charge on any atom is 0.0497 e. The van der Waals surface area contributed by atoms with Gasteiger partial charge in [-0.15, -0.1) is 24.0 Å². The Morgan fingerprint density at radius 3 is 2.11 bits per heavy atom. The van der Waals surface area contributed by atoms with Crippen LogP contribution in [0.4, 0.5) is 0 Å². The molecule has 0 unspecified atom stereocenters. The van der Waals surface area contributed by atoms with E-state index in [-0.39, 0.29) is 0 Å². The molecule has 232 valence electrons. The zero-order valence-electron chi connectivity index (χ0n) is 27.9. The zero-order valence-corrected chi connectivity index (χ0v) is 29.6. The minimum Gasteiger partial charge on any atom is -0.141 e. The van der Waals surface area contributed by atoms with Crippen molar-refractivity contribution in [3.8, 4) is 22.3 Å². The lowest BCUT2D eigenvalue weighted by Crippen LogP contribution is -2.04. The second-order valence-corrected chi connectivity index (χ2v) is 13.6. The van der Waals surface area contributed by atoms with Gasteiger partial charge in [-0.25, -0.2) is 0 Å². The molecule has 1 heterocycles. The average Bonchev–Trinajstić information content (AvgIpc) is 3.50. The Balaban J connectivity index is 0.00000172. The van der Waals surface area contributed by atoms with Crippen LogP contribution in [0.1, 0.15) is 59.9 Å². The van der Waals surface area contributed by atoms with Crippen molar-refractivity contribution in [2.75, 3.05) is 0 Å². The molecule has 7 aromatic rings. The summed E-state index contributed by atoms with van der Waals surface area (Å²) in [7, 11) is 0. The molecular weight excluding hydrogens is 605 g/mol. The van der Waals surface area contributed by atoms with Gasteiger partial charge in [0, 0.05) is 31.0 Å². The van der Waals surface area contributed by atoms with E-state index in [1.807, 2.05) is 19.9 Å². The number of rotatable bonds is 4. The summed E-state index contributed by atoms with van der Waals surface area (Å²) in [6.45, 7) is 14.8. The van der Waals surface area contributed by atoms with Crippen molar-refractivity contribution in [1.82, 2.24) is 0 Å². The normalized spacial score (nSPS) is 12.6. The van der Waals surface area contributed by atoms with Gasteiger partial charge in [0.15, 0.2) is 0 Å². The smallest absolute Gasteiger partial charge is 0.0497 e. The van der Waals surface area contributed by atoms with Gasteiger partial charge in [0.05, 0.1) is 0 Å². The Morgan fingerprint density at radius 2 is 1.40 bits per heavy atom. The quantitative estimate of drug-likeness (QED) is 0.143. The molecule has 0 saturated heterocycles. The van der Waals surface area contributed by atoms with Gasteiger partial charge in [0.2, 0.25) is 0 Å². The standard InChI is InChI=1S/C43H34S2.C2H6/c1-5-15-35-37(6-2)45-43-38(35)25(3)26(4)39(42(43)44)41-33-22-13-11-20-31(33)40(32-21-12-14-23-34(32)41)36-24-27-16-7-8-17-28(27)29-18-9-10-19-30(29)36;1-2/h5-11,13-20,22-24,44H,2,12,21H2,1,3-4H3;1-2H3/b15-5-;. The predicted octanol–water partition coefficient (Wildman–Crippen LogP) is 14.3. The van der Waals surface area contributed by atoms with E-state index in [0.29, 0.717) is 0 Å². The molecule has 0 aliphatic heterocycles. The van der Waals surface area contributed by atoms with Crippen molar-refractivity contribution in [3.63, 3.8) is 0 Å². The van der Waals surface area contributed by atoms with Crippen molar-refractivity contribution >= 4 is 84.6 Å². The molecule has 0 fully saturated rings. The summed E-state index contributed by atoms with van der Waals surface area (Å²) in [6, 6.07) is 29.2. The van der Waals surface area contributed by atoms with E-state index in [9.17, 15) is 0 Å². The first-order valence-electron chi connectivity index (χ1n) is 16.7. The van der Waals surface area contributed by atoms with Crippen molar-refractivity contribution < 1.29 is 0 Å². The summed E-state index contributed by atoms with van der Waals surface area (Å²) in [5, 5.41) is 9.08. The lowest BCUT2D eigenvalue weighted by atomic mass is 9.78. The van der Waals surface area contributed by atoms with Crippen LogP contribution in [0.2, 0.25) is 0 Å². The van der Waals surface area contributed by atoms with Crippen molar-refractivity contribution in [2.24, 2.45) is 0 Å². The number of benzene rings is 6. The molecule has 8 rings (SSSR count). The van der Waals surface area contributed by atoms with E-state index in [1.54, 1.807) is 11.3 Å². The van der Waals surface area contributed by atoms with E-state index < -0.39 is 0 Å². The summed E-state index contributed by atoms with van der Waals surface area (Å²) in [5.41, 5.74) is 11.9. The molecule has 0 N–H and O–H groups in total. The SMILES string of the molecule is C=Cc1sc2c(S)c(-c3c4c(c(-c5cc6ccccc6c6ccccc56)c5ccccc35)CCC=C4)c(C)c(C)c2c1/C=C\C.CC. The summed E-state index contributed by atoms with van der Waals surface area (Å²) in [4.78, 5) is 2.26. The first-order valence-corrected chi connectivity index (χ1v) is 18.0. The third kappa shape index (κ3) is 4.81. The number of thiol groups is 1. The van der Waals surface area contributed by atoms with Gasteiger partial charge in [0.25, 0.3) is 0 Å². The zero-order chi connectivity index (χ0) is 32.8. The Bertz CT molecular complexity index is 2430. The van der Waals surface area contributed by atoms with Gasteiger partial charge >= 0.3 is 0 Å². The molecule has 47 heavy (non-hydrogen) atoms. The predicted molar refractivity (Wildman–Crippen MR) is 215 cm³/mol. The maximum absolute atomic E-state index is 5.37. The van der Waals surface area contributed by atoms with Crippen LogP contribution in [0.25, 0.3) is 82.9 Å². The van der Waals surface area contributed by atoms with Crippen LogP contribution in [-0.4, -0.2) is 0 Å². The van der Waals surface area contributed by atoms with Gasteiger partial charge in [-0.2, -0.15) is 0 Å². The van der Waals surface area contributed by atoms with E-state index in [4.69, 9.17) is 12.6 Å². The second kappa shape index (κ2) is 12.7. The second-order valence-electron chi connectivity index (χ2n) is 12.1. The summed E-state index contributed by atoms with van der Waals surface area (Å²) in [6.07, 6.45) is 13.1. The summed E-state index contributed by atoms with van der Waals surface area (Å²) < 4.78 is 1.24. The van der Waals surface area contributed by atoms with Crippen molar-refractivity contribution in [1.29, 1.82) is 0 Å². The Labute approximate surface area is 288 Å². The van der Waals surface area contributed by atoms with Gasteiger partial charge in [-0.05, 0) is 111 Å².